The molecule has 6 heteroatoms. The van der Waals surface area contributed by atoms with E-state index >= 15 is 0 Å². The van der Waals surface area contributed by atoms with Gasteiger partial charge in [0, 0.05) is 24.2 Å². The van der Waals surface area contributed by atoms with Crippen molar-refractivity contribution >= 4 is 11.9 Å². The summed E-state index contributed by atoms with van der Waals surface area (Å²) in [5.41, 5.74) is 1.07. The summed E-state index contributed by atoms with van der Waals surface area (Å²) in [6, 6.07) is 9.94. The largest absolute Gasteiger partial charge is 0.444 e. The van der Waals surface area contributed by atoms with E-state index in [1.807, 2.05) is 56.0 Å². The Kier molecular flexibility index (Phi) is 4.73. The molecule has 28 heavy (non-hydrogen) atoms. The van der Waals surface area contributed by atoms with Crippen LogP contribution < -0.4 is 0 Å². The standard InChI is InChI=1S/C22H27N3O3/c1-22(2,3)28-21(27)25-18-9-10-19(25)12-15(11-18)20(26)16-13-23-24(14-16)17-7-5-4-6-8-17/h4-8,13-15,18-19H,9-12H2,1-3H3. The van der Waals surface area contributed by atoms with E-state index in [9.17, 15) is 9.59 Å². The summed E-state index contributed by atoms with van der Waals surface area (Å²) in [5.74, 6) is 0.0625. The molecule has 1 aromatic carbocycles. The van der Waals surface area contributed by atoms with Gasteiger partial charge in [0.1, 0.15) is 5.60 Å². The van der Waals surface area contributed by atoms with Crippen LogP contribution in [0.3, 0.4) is 0 Å². The van der Waals surface area contributed by atoms with Crippen molar-refractivity contribution in [2.24, 2.45) is 5.92 Å². The fraction of sp³-hybridized carbons (Fsp3) is 0.500. The van der Waals surface area contributed by atoms with Crippen molar-refractivity contribution in [2.75, 3.05) is 0 Å². The maximum absolute atomic E-state index is 13.1. The average molecular weight is 381 g/mol. The minimum atomic E-state index is -0.505. The second-order valence-electron chi connectivity index (χ2n) is 8.81. The van der Waals surface area contributed by atoms with Crippen molar-refractivity contribution in [3.63, 3.8) is 0 Å². The molecule has 6 nitrogen and oxygen atoms in total. The molecule has 1 amide bonds. The maximum Gasteiger partial charge on any atom is 0.410 e. The normalized spacial score (nSPS) is 24.2. The Hall–Kier alpha value is -2.63. The Morgan fingerprint density at radius 3 is 2.32 bits per heavy atom. The molecule has 2 aliphatic rings. The first kappa shape index (κ1) is 18.7. The number of hydrogen-bond donors (Lipinski definition) is 0. The zero-order valence-corrected chi connectivity index (χ0v) is 16.7. The number of aromatic nitrogens is 2. The first-order chi connectivity index (χ1) is 13.3. The Morgan fingerprint density at radius 2 is 1.71 bits per heavy atom. The molecular weight excluding hydrogens is 354 g/mol. The third-order valence-corrected chi connectivity index (χ3v) is 5.60. The molecule has 0 saturated carbocycles. The monoisotopic (exact) mass is 381 g/mol. The lowest BCUT2D eigenvalue weighted by Gasteiger charge is -2.38. The van der Waals surface area contributed by atoms with Crippen LogP contribution in [0.5, 0.6) is 0 Å². The Labute approximate surface area is 165 Å². The van der Waals surface area contributed by atoms with Crippen LogP contribution in [0.25, 0.3) is 5.69 Å². The molecule has 0 N–H and O–H groups in total. The van der Waals surface area contributed by atoms with Crippen molar-refractivity contribution in [1.82, 2.24) is 14.7 Å². The SMILES string of the molecule is CC(C)(C)OC(=O)N1C2CCC1CC(C(=O)c1cnn(-c3ccccc3)c1)C2. The fourth-order valence-electron chi connectivity index (χ4n) is 4.41. The number of carbonyl (C=O) groups excluding carboxylic acids is 2. The highest BCUT2D eigenvalue weighted by Crippen LogP contribution is 2.40. The van der Waals surface area contributed by atoms with Gasteiger partial charge in [-0.3, -0.25) is 4.79 Å². The third-order valence-electron chi connectivity index (χ3n) is 5.60. The molecule has 0 radical (unpaired) electrons. The molecule has 0 spiro atoms. The van der Waals surface area contributed by atoms with E-state index < -0.39 is 5.60 Å². The van der Waals surface area contributed by atoms with Gasteiger partial charge in [-0.05, 0) is 58.6 Å². The number of benzene rings is 1. The van der Waals surface area contributed by atoms with E-state index in [0.29, 0.717) is 18.4 Å². The smallest absolute Gasteiger partial charge is 0.410 e. The first-order valence-corrected chi connectivity index (χ1v) is 9.97. The molecule has 2 atom stereocenters. The number of carbonyl (C=O) groups is 2. The van der Waals surface area contributed by atoms with E-state index in [0.717, 1.165) is 18.5 Å². The van der Waals surface area contributed by atoms with E-state index in [1.54, 1.807) is 17.1 Å². The van der Waals surface area contributed by atoms with Gasteiger partial charge in [0.25, 0.3) is 0 Å². The fourth-order valence-corrected chi connectivity index (χ4v) is 4.41. The highest BCUT2D eigenvalue weighted by Gasteiger charge is 2.46. The number of piperidine rings is 1. The molecule has 148 valence electrons. The molecule has 1 aromatic heterocycles. The maximum atomic E-state index is 13.1. The van der Waals surface area contributed by atoms with Crippen molar-refractivity contribution in [3.05, 3.63) is 48.3 Å². The van der Waals surface area contributed by atoms with Crippen LogP contribution in [0, 0.1) is 5.92 Å². The molecular formula is C22H27N3O3. The van der Waals surface area contributed by atoms with Crippen LogP contribution in [0.15, 0.2) is 42.7 Å². The van der Waals surface area contributed by atoms with Crippen molar-refractivity contribution < 1.29 is 14.3 Å². The molecule has 2 bridgehead atoms. The van der Waals surface area contributed by atoms with Crippen molar-refractivity contribution in [1.29, 1.82) is 0 Å². The number of nitrogens with zero attached hydrogens (tertiary/aromatic N) is 3. The molecule has 2 fully saturated rings. The highest BCUT2D eigenvalue weighted by molar-refractivity contribution is 5.97. The molecule has 2 unspecified atom stereocenters. The predicted molar refractivity (Wildman–Crippen MR) is 106 cm³/mol. The van der Waals surface area contributed by atoms with Crippen LogP contribution in [-0.4, -0.2) is 44.2 Å². The summed E-state index contributed by atoms with van der Waals surface area (Å²) in [5, 5.41) is 4.35. The van der Waals surface area contributed by atoms with Gasteiger partial charge < -0.3 is 9.64 Å². The van der Waals surface area contributed by atoms with Gasteiger partial charge in [-0.2, -0.15) is 5.10 Å². The lowest BCUT2D eigenvalue weighted by Crippen LogP contribution is -2.49. The number of ketones is 1. The Balaban J connectivity index is 1.46. The van der Waals surface area contributed by atoms with Crippen LogP contribution in [0.4, 0.5) is 4.79 Å². The summed E-state index contributed by atoms with van der Waals surface area (Å²) in [6.07, 6.45) is 6.49. The second-order valence-corrected chi connectivity index (χ2v) is 8.81. The van der Waals surface area contributed by atoms with Gasteiger partial charge in [0.2, 0.25) is 0 Å². The van der Waals surface area contributed by atoms with Crippen LogP contribution in [0.1, 0.15) is 56.8 Å². The lowest BCUT2D eigenvalue weighted by atomic mass is 9.85. The molecule has 2 saturated heterocycles. The van der Waals surface area contributed by atoms with E-state index in [-0.39, 0.29) is 29.9 Å². The number of ether oxygens (including phenoxy) is 1. The molecule has 2 aliphatic heterocycles. The topological polar surface area (TPSA) is 64.4 Å². The third kappa shape index (κ3) is 3.68. The molecule has 0 aliphatic carbocycles. The summed E-state index contributed by atoms with van der Waals surface area (Å²) in [7, 11) is 0. The quantitative estimate of drug-likeness (QED) is 0.746. The zero-order chi connectivity index (χ0) is 19.9. The summed E-state index contributed by atoms with van der Waals surface area (Å²) < 4.78 is 7.31. The number of para-hydroxylation sites is 1. The minimum absolute atomic E-state index is 0.0652. The van der Waals surface area contributed by atoms with Crippen molar-refractivity contribution in [3.8, 4) is 5.69 Å². The van der Waals surface area contributed by atoms with Gasteiger partial charge in [0.15, 0.2) is 5.78 Å². The average Bonchev–Trinajstić information content (AvgIpc) is 3.23. The summed E-state index contributed by atoms with van der Waals surface area (Å²) in [6.45, 7) is 5.65. The minimum Gasteiger partial charge on any atom is -0.444 e. The number of Topliss-reactive ketones (excluding diaryl/α,β-unsaturated/α-hetero) is 1. The predicted octanol–water partition coefficient (Wildman–Crippen LogP) is 4.23. The van der Waals surface area contributed by atoms with Crippen LogP contribution >= 0.6 is 0 Å². The Morgan fingerprint density at radius 1 is 1.07 bits per heavy atom. The number of amides is 1. The molecule has 4 rings (SSSR count). The van der Waals surface area contributed by atoms with E-state index in [1.165, 1.54) is 0 Å². The van der Waals surface area contributed by atoms with E-state index in [2.05, 4.69) is 5.10 Å². The van der Waals surface area contributed by atoms with Gasteiger partial charge in [-0.25, -0.2) is 9.48 Å². The molecule has 3 heterocycles. The van der Waals surface area contributed by atoms with Gasteiger partial charge in [-0.1, -0.05) is 18.2 Å². The number of rotatable bonds is 3. The summed E-state index contributed by atoms with van der Waals surface area (Å²) >= 11 is 0. The van der Waals surface area contributed by atoms with Gasteiger partial charge in [-0.15, -0.1) is 0 Å². The van der Waals surface area contributed by atoms with Gasteiger partial charge >= 0.3 is 6.09 Å². The number of fused-ring (bicyclic) bond motifs is 2. The molecule has 2 aromatic rings. The first-order valence-electron chi connectivity index (χ1n) is 9.97. The zero-order valence-electron chi connectivity index (χ0n) is 16.7. The van der Waals surface area contributed by atoms with Gasteiger partial charge in [0.05, 0.1) is 17.4 Å². The summed E-state index contributed by atoms with van der Waals surface area (Å²) in [4.78, 5) is 27.5. The second kappa shape index (κ2) is 7.08. The number of hydrogen-bond acceptors (Lipinski definition) is 4. The van der Waals surface area contributed by atoms with Crippen molar-refractivity contribution in [2.45, 2.75) is 64.1 Å². The van der Waals surface area contributed by atoms with Crippen LogP contribution in [0.2, 0.25) is 0 Å². The van der Waals surface area contributed by atoms with Crippen LogP contribution in [-0.2, 0) is 4.74 Å². The Bertz CT molecular complexity index is 855. The van der Waals surface area contributed by atoms with E-state index in [4.69, 9.17) is 4.74 Å². The highest BCUT2D eigenvalue weighted by atomic mass is 16.6. The lowest BCUT2D eigenvalue weighted by molar-refractivity contribution is 0.00254.